The second-order valence-electron chi connectivity index (χ2n) is 3.96. The lowest BCUT2D eigenvalue weighted by molar-refractivity contribution is 0.0785. The average molecular weight is 253 g/mol. The van der Waals surface area contributed by atoms with E-state index in [1.165, 1.54) is 0 Å². The first-order valence-corrected chi connectivity index (χ1v) is 5.85. The second kappa shape index (κ2) is 7.57. The fourth-order valence-electron chi connectivity index (χ4n) is 1.46. The van der Waals surface area contributed by atoms with Crippen LogP contribution in [0, 0.1) is 0 Å². The average Bonchev–Trinajstić information content (AvgIpc) is 2.42. The summed E-state index contributed by atoms with van der Waals surface area (Å²) in [5.74, 6) is 5.40. The zero-order valence-corrected chi connectivity index (χ0v) is 10.5. The Labute approximate surface area is 106 Å². The van der Waals surface area contributed by atoms with Crippen LogP contribution in [0.3, 0.4) is 0 Å². The van der Waals surface area contributed by atoms with Crippen LogP contribution in [0.1, 0.15) is 29.8 Å². The minimum absolute atomic E-state index is 0.171. The molecule has 0 aliphatic rings. The van der Waals surface area contributed by atoms with Gasteiger partial charge in [-0.05, 0) is 31.4 Å². The molecule has 1 rings (SSSR count). The molecular weight excluding hydrogens is 234 g/mol. The van der Waals surface area contributed by atoms with E-state index in [1.807, 2.05) is 0 Å². The van der Waals surface area contributed by atoms with Crippen molar-refractivity contribution in [3.63, 3.8) is 0 Å². The predicted molar refractivity (Wildman–Crippen MR) is 67.7 cm³/mol. The van der Waals surface area contributed by atoms with Gasteiger partial charge in [0, 0.05) is 20.2 Å². The fraction of sp³-hybridized carbons (Fsp3) is 0.545. The summed E-state index contributed by atoms with van der Waals surface area (Å²) in [4.78, 5) is 13.5. The molecule has 0 aromatic carbocycles. The number of aromatic nitrogens is 2. The Morgan fingerprint density at radius 2 is 2.17 bits per heavy atom. The molecular formula is C11H19N5O2. The highest BCUT2D eigenvalue weighted by Crippen LogP contribution is 2.04. The topological polar surface area (TPSA) is 104 Å². The third kappa shape index (κ3) is 4.27. The maximum atomic E-state index is 11.9. The van der Waals surface area contributed by atoms with Crippen molar-refractivity contribution in [2.45, 2.75) is 19.3 Å². The molecule has 18 heavy (non-hydrogen) atoms. The Morgan fingerprint density at radius 1 is 1.39 bits per heavy atom. The van der Waals surface area contributed by atoms with E-state index in [-0.39, 0.29) is 12.5 Å². The zero-order valence-electron chi connectivity index (χ0n) is 10.5. The van der Waals surface area contributed by atoms with Crippen molar-refractivity contribution in [2.24, 2.45) is 5.84 Å². The van der Waals surface area contributed by atoms with Gasteiger partial charge in [0.25, 0.3) is 5.91 Å². The number of hydrazine groups is 1. The molecule has 7 heteroatoms. The first-order chi connectivity index (χ1) is 8.69. The Morgan fingerprint density at radius 3 is 2.72 bits per heavy atom. The van der Waals surface area contributed by atoms with E-state index >= 15 is 0 Å². The summed E-state index contributed by atoms with van der Waals surface area (Å²) in [6.45, 7) is 0.827. The van der Waals surface area contributed by atoms with Crippen LogP contribution < -0.4 is 11.3 Å². The van der Waals surface area contributed by atoms with Gasteiger partial charge >= 0.3 is 0 Å². The molecule has 0 atom stereocenters. The third-order valence-electron chi connectivity index (χ3n) is 2.53. The Kier molecular flexibility index (Phi) is 6.03. The van der Waals surface area contributed by atoms with Crippen molar-refractivity contribution in [1.29, 1.82) is 0 Å². The molecule has 4 N–H and O–H groups in total. The van der Waals surface area contributed by atoms with Crippen molar-refractivity contribution in [1.82, 2.24) is 15.1 Å². The minimum atomic E-state index is -0.171. The van der Waals surface area contributed by atoms with Crippen molar-refractivity contribution in [2.75, 3.05) is 25.6 Å². The maximum Gasteiger partial charge on any atom is 0.274 e. The lowest BCUT2D eigenvalue weighted by atomic mass is 10.2. The monoisotopic (exact) mass is 253 g/mol. The molecule has 0 aliphatic carbocycles. The molecule has 0 saturated heterocycles. The summed E-state index contributed by atoms with van der Waals surface area (Å²) in [5, 5.41) is 16.2. The van der Waals surface area contributed by atoms with Crippen LogP contribution in [-0.4, -0.2) is 46.3 Å². The SMILES string of the molecule is CN(CCCCCO)C(=O)c1ccc(NN)nn1. The van der Waals surface area contributed by atoms with Crippen molar-refractivity contribution < 1.29 is 9.90 Å². The number of hydrogen-bond donors (Lipinski definition) is 3. The Hall–Kier alpha value is -1.73. The number of nitrogens with one attached hydrogen (secondary N) is 1. The van der Waals surface area contributed by atoms with Crippen LogP contribution in [0.2, 0.25) is 0 Å². The molecule has 7 nitrogen and oxygen atoms in total. The van der Waals surface area contributed by atoms with E-state index < -0.39 is 0 Å². The Balaban J connectivity index is 2.46. The fourth-order valence-corrected chi connectivity index (χ4v) is 1.46. The van der Waals surface area contributed by atoms with Gasteiger partial charge in [-0.15, -0.1) is 10.2 Å². The van der Waals surface area contributed by atoms with Crippen LogP contribution in [0.25, 0.3) is 0 Å². The standard InChI is InChI=1S/C11H19N5O2/c1-16(7-3-2-4-8-17)11(18)9-5-6-10(13-12)15-14-9/h5-6,17H,2-4,7-8,12H2,1H3,(H,13,15). The van der Waals surface area contributed by atoms with E-state index in [0.29, 0.717) is 18.1 Å². The molecule has 0 unspecified atom stereocenters. The number of hydrogen-bond acceptors (Lipinski definition) is 6. The van der Waals surface area contributed by atoms with Crippen molar-refractivity contribution in [3.8, 4) is 0 Å². The molecule has 1 aromatic heterocycles. The number of carbonyl (C=O) groups excluding carboxylic acids is 1. The smallest absolute Gasteiger partial charge is 0.274 e. The highest BCUT2D eigenvalue weighted by atomic mass is 16.2. The Bertz CT molecular complexity index is 368. The molecule has 1 aromatic rings. The van der Waals surface area contributed by atoms with E-state index in [1.54, 1.807) is 24.1 Å². The maximum absolute atomic E-state index is 11.9. The van der Waals surface area contributed by atoms with Crippen LogP contribution in [-0.2, 0) is 0 Å². The van der Waals surface area contributed by atoms with Gasteiger partial charge in [-0.2, -0.15) is 0 Å². The molecule has 0 saturated carbocycles. The van der Waals surface area contributed by atoms with Crippen LogP contribution >= 0.6 is 0 Å². The molecule has 0 aliphatic heterocycles. The van der Waals surface area contributed by atoms with Gasteiger partial charge in [-0.1, -0.05) is 0 Å². The lowest BCUT2D eigenvalue weighted by Crippen LogP contribution is -2.28. The molecule has 0 spiro atoms. The van der Waals surface area contributed by atoms with E-state index in [2.05, 4.69) is 15.6 Å². The van der Waals surface area contributed by atoms with Gasteiger partial charge in [-0.3, -0.25) is 4.79 Å². The van der Waals surface area contributed by atoms with Crippen LogP contribution in [0.4, 0.5) is 5.82 Å². The van der Waals surface area contributed by atoms with Crippen LogP contribution in [0.15, 0.2) is 12.1 Å². The van der Waals surface area contributed by atoms with Crippen molar-refractivity contribution >= 4 is 11.7 Å². The van der Waals surface area contributed by atoms with Gasteiger partial charge in [0.2, 0.25) is 0 Å². The molecule has 0 radical (unpaired) electrons. The van der Waals surface area contributed by atoms with Gasteiger partial charge in [0.05, 0.1) is 0 Å². The zero-order chi connectivity index (χ0) is 13.4. The number of nitrogens with zero attached hydrogens (tertiary/aromatic N) is 3. The molecule has 1 amide bonds. The number of unbranched alkanes of at least 4 members (excludes halogenated alkanes) is 2. The van der Waals surface area contributed by atoms with E-state index in [0.717, 1.165) is 19.3 Å². The van der Waals surface area contributed by atoms with E-state index in [4.69, 9.17) is 10.9 Å². The largest absolute Gasteiger partial charge is 0.396 e. The van der Waals surface area contributed by atoms with Gasteiger partial charge in [0.1, 0.15) is 0 Å². The van der Waals surface area contributed by atoms with Gasteiger partial charge in [0.15, 0.2) is 11.5 Å². The number of rotatable bonds is 7. The quantitative estimate of drug-likeness (QED) is 0.359. The summed E-state index contributed by atoms with van der Waals surface area (Å²) >= 11 is 0. The number of aliphatic hydroxyl groups is 1. The molecule has 0 bridgehead atoms. The highest BCUT2D eigenvalue weighted by molar-refractivity contribution is 5.92. The number of nitrogens with two attached hydrogens (primary N) is 1. The first-order valence-electron chi connectivity index (χ1n) is 5.85. The van der Waals surface area contributed by atoms with E-state index in [9.17, 15) is 4.79 Å². The molecule has 0 fully saturated rings. The predicted octanol–water partition coefficient (Wildman–Crippen LogP) is -0.00320. The normalized spacial score (nSPS) is 10.2. The van der Waals surface area contributed by atoms with Crippen LogP contribution in [0.5, 0.6) is 0 Å². The number of nitrogen functional groups attached to an aromatic ring is 1. The number of amides is 1. The second-order valence-corrected chi connectivity index (χ2v) is 3.96. The first kappa shape index (κ1) is 14.3. The number of anilines is 1. The summed E-state index contributed by atoms with van der Waals surface area (Å²) in [6.07, 6.45) is 2.52. The summed E-state index contributed by atoms with van der Waals surface area (Å²) in [5.41, 5.74) is 2.64. The van der Waals surface area contributed by atoms with Crippen molar-refractivity contribution in [3.05, 3.63) is 17.8 Å². The molecule has 100 valence electrons. The molecule has 1 heterocycles. The summed E-state index contributed by atoms with van der Waals surface area (Å²) in [7, 11) is 1.72. The third-order valence-corrected chi connectivity index (χ3v) is 2.53. The lowest BCUT2D eigenvalue weighted by Gasteiger charge is -2.16. The number of aliphatic hydroxyl groups excluding tert-OH is 1. The number of carbonyl (C=O) groups is 1. The highest BCUT2D eigenvalue weighted by Gasteiger charge is 2.13. The summed E-state index contributed by atoms with van der Waals surface area (Å²) < 4.78 is 0. The van der Waals surface area contributed by atoms with Gasteiger partial charge < -0.3 is 15.4 Å². The minimum Gasteiger partial charge on any atom is -0.396 e. The summed E-state index contributed by atoms with van der Waals surface area (Å²) in [6, 6.07) is 3.18. The van der Waals surface area contributed by atoms with Gasteiger partial charge in [-0.25, -0.2) is 5.84 Å².